The molecule has 4 nitrogen and oxygen atoms in total. The van der Waals surface area contributed by atoms with E-state index in [-0.39, 0.29) is 12.6 Å². The largest absolute Gasteiger partial charge is 0.465 e. The van der Waals surface area contributed by atoms with Crippen LogP contribution in [0, 0.1) is 0 Å². The van der Waals surface area contributed by atoms with E-state index in [1.807, 2.05) is 0 Å². The van der Waals surface area contributed by atoms with E-state index in [9.17, 15) is 9.18 Å². The van der Waals surface area contributed by atoms with Gasteiger partial charge in [0.1, 0.15) is 6.67 Å². The zero-order valence-electron chi connectivity index (χ0n) is 6.09. The van der Waals surface area contributed by atoms with Gasteiger partial charge in [-0.25, -0.2) is 9.18 Å². The van der Waals surface area contributed by atoms with E-state index in [4.69, 9.17) is 5.11 Å². The predicted molar refractivity (Wildman–Crippen MR) is 37.4 cm³/mol. The van der Waals surface area contributed by atoms with Gasteiger partial charge in [0.05, 0.1) is 6.04 Å². The van der Waals surface area contributed by atoms with Gasteiger partial charge in [0, 0.05) is 19.6 Å². The van der Waals surface area contributed by atoms with Crippen LogP contribution in [0.2, 0.25) is 0 Å². The normalized spacial score (nSPS) is 25.2. The zero-order chi connectivity index (χ0) is 8.27. The summed E-state index contributed by atoms with van der Waals surface area (Å²) in [7, 11) is 0. The number of piperazine rings is 1. The highest BCUT2D eigenvalue weighted by atomic mass is 19.1. The van der Waals surface area contributed by atoms with E-state index in [0.29, 0.717) is 13.1 Å². The van der Waals surface area contributed by atoms with E-state index in [2.05, 4.69) is 5.32 Å². The summed E-state index contributed by atoms with van der Waals surface area (Å²) in [5.41, 5.74) is 0. The van der Waals surface area contributed by atoms with Crippen LogP contribution < -0.4 is 5.32 Å². The number of carboxylic acid groups (broad SMARTS) is 1. The van der Waals surface area contributed by atoms with Crippen molar-refractivity contribution in [1.82, 2.24) is 10.2 Å². The number of halogens is 1. The number of nitrogens with zero attached hydrogens (tertiary/aromatic N) is 1. The predicted octanol–water partition coefficient (Wildman–Crippen LogP) is -0.0923. The second-order valence-electron chi connectivity index (χ2n) is 2.53. The van der Waals surface area contributed by atoms with Gasteiger partial charge >= 0.3 is 6.09 Å². The highest BCUT2D eigenvalue weighted by molar-refractivity contribution is 5.65. The van der Waals surface area contributed by atoms with Crippen molar-refractivity contribution in [3.63, 3.8) is 0 Å². The molecule has 0 bridgehead atoms. The maximum absolute atomic E-state index is 12.0. The van der Waals surface area contributed by atoms with Gasteiger partial charge in [0.2, 0.25) is 0 Å². The highest BCUT2D eigenvalue weighted by Crippen LogP contribution is 1.99. The van der Waals surface area contributed by atoms with Crippen LogP contribution >= 0.6 is 0 Å². The molecule has 11 heavy (non-hydrogen) atoms. The van der Waals surface area contributed by atoms with Gasteiger partial charge in [-0.15, -0.1) is 0 Å². The number of carbonyl (C=O) groups is 1. The maximum Gasteiger partial charge on any atom is 0.407 e. The van der Waals surface area contributed by atoms with Crippen LogP contribution in [0.3, 0.4) is 0 Å². The lowest BCUT2D eigenvalue weighted by Gasteiger charge is -2.29. The van der Waals surface area contributed by atoms with Crippen molar-refractivity contribution < 1.29 is 14.3 Å². The van der Waals surface area contributed by atoms with E-state index in [1.165, 1.54) is 4.90 Å². The average Bonchev–Trinajstić information content (AvgIpc) is 2.05. The maximum atomic E-state index is 12.0. The topological polar surface area (TPSA) is 52.6 Å². The number of amides is 1. The molecule has 0 radical (unpaired) electrons. The first-order chi connectivity index (χ1) is 5.24. The van der Waals surface area contributed by atoms with E-state index < -0.39 is 12.8 Å². The Morgan fingerprint density at radius 3 is 3.09 bits per heavy atom. The third-order valence-electron chi connectivity index (χ3n) is 1.71. The second-order valence-corrected chi connectivity index (χ2v) is 2.53. The summed E-state index contributed by atoms with van der Waals surface area (Å²) in [4.78, 5) is 11.6. The van der Waals surface area contributed by atoms with Gasteiger partial charge in [0.25, 0.3) is 0 Å². The lowest BCUT2D eigenvalue weighted by molar-refractivity contribution is 0.124. The molecule has 0 aromatic rings. The van der Waals surface area contributed by atoms with Crippen LogP contribution in [-0.4, -0.2) is 48.5 Å². The summed E-state index contributed by atoms with van der Waals surface area (Å²) in [6.07, 6.45) is -0.968. The highest BCUT2D eigenvalue weighted by Gasteiger charge is 2.21. The number of alkyl halides is 1. The number of rotatable bonds is 1. The monoisotopic (exact) mass is 162 g/mol. The van der Waals surface area contributed by atoms with Crippen LogP contribution in [0.4, 0.5) is 9.18 Å². The van der Waals surface area contributed by atoms with Crippen LogP contribution in [-0.2, 0) is 0 Å². The Morgan fingerprint density at radius 2 is 2.55 bits per heavy atom. The molecule has 64 valence electrons. The third-order valence-corrected chi connectivity index (χ3v) is 1.71. The molecule has 1 rings (SSSR count). The quantitative estimate of drug-likeness (QED) is 0.566. The van der Waals surface area contributed by atoms with E-state index in [1.54, 1.807) is 0 Å². The molecule has 1 heterocycles. The molecular weight excluding hydrogens is 151 g/mol. The molecule has 0 aliphatic carbocycles. The fraction of sp³-hybridized carbons (Fsp3) is 0.833. The minimum absolute atomic E-state index is 0.256. The van der Waals surface area contributed by atoms with Crippen LogP contribution in [0.15, 0.2) is 0 Å². The van der Waals surface area contributed by atoms with Crippen molar-refractivity contribution in [2.45, 2.75) is 6.04 Å². The zero-order valence-corrected chi connectivity index (χ0v) is 6.09. The molecule has 1 fully saturated rings. The first kappa shape index (κ1) is 8.26. The molecule has 0 saturated carbocycles. The van der Waals surface area contributed by atoms with Crippen molar-refractivity contribution in [3.05, 3.63) is 0 Å². The molecule has 1 saturated heterocycles. The molecule has 1 aliphatic rings. The van der Waals surface area contributed by atoms with Crippen molar-refractivity contribution >= 4 is 6.09 Å². The third kappa shape index (κ3) is 2.04. The fourth-order valence-corrected chi connectivity index (χ4v) is 1.10. The minimum atomic E-state index is -0.968. The molecule has 0 aromatic carbocycles. The Balaban J connectivity index is 2.39. The van der Waals surface area contributed by atoms with Gasteiger partial charge in [-0.2, -0.15) is 0 Å². The van der Waals surface area contributed by atoms with Crippen LogP contribution in [0.5, 0.6) is 0 Å². The van der Waals surface area contributed by atoms with Gasteiger partial charge in [-0.3, -0.25) is 0 Å². The molecule has 0 aromatic heterocycles. The van der Waals surface area contributed by atoms with Gasteiger partial charge < -0.3 is 15.3 Å². The number of hydrogen-bond acceptors (Lipinski definition) is 2. The van der Waals surface area contributed by atoms with Gasteiger partial charge in [-0.05, 0) is 0 Å². The molecule has 1 aliphatic heterocycles. The Kier molecular flexibility index (Phi) is 2.64. The second kappa shape index (κ2) is 3.52. The van der Waals surface area contributed by atoms with Crippen LogP contribution in [0.25, 0.3) is 0 Å². The average molecular weight is 162 g/mol. The summed E-state index contributed by atoms with van der Waals surface area (Å²) in [5.74, 6) is 0. The SMILES string of the molecule is O=C(O)N1CCN[C@@H](CF)C1. The summed E-state index contributed by atoms with van der Waals surface area (Å²) in [6, 6.07) is -0.320. The summed E-state index contributed by atoms with van der Waals surface area (Å²) < 4.78 is 12.0. The smallest absolute Gasteiger partial charge is 0.407 e. The lowest BCUT2D eigenvalue weighted by atomic mass is 10.2. The molecule has 0 spiro atoms. The minimum Gasteiger partial charge on any atom is -0.465 e. The van der Waals surface area contributed by atoms with Crippen molar-refractivity contribution in [3.8, 4) is 0 Å². The number of nitrogens with one attached hydrogen (secondary N) is 1. The molecule has 2 N–H and O–H groups in total. The molecule has 5 heteroatoms. The first-order valence-corrected chi connectivity index (χ1v) is 3.51. The molecule has 0 unspecified atom stereocenters. The Bertz CT molecular complexity index is 154. The van der Waals surface area contributed by atoms with Crippen molar-refractivity contribution in [2.24, 2.45) is 0 Å². The summed E-state index contributed by atoms with van der Waals surface area (Å²) in [5, 5.41) is 11.4. The lowest BCUT2D eigenvalue weighted by Crippen LogP contribution is -2.53. The summed E-state index contributed by atoms with van der Waals surface area (Å²) in [6.45, 7) is 0.738. The van der Waals surface area contributed by atoms with E-state index >= 15 is 0 Å². The Hall–Kier alpha value is -0.840. The Morgan fingerprint density at radius 1 is 1.82 bits per heavy atom. The summed E-state index contributed by atoms with van der Waals surface area (Å²) >= 11 is 0. The molecular formula is C6H11FN2O2. The fourth-order valence-electron chi connectivity index (χ4n) is 1.10. The molecule has 1 atom stereocenters. The van der Waals surface area contributed by atoms with E-state index in [0.717, 1.165) is 0 Å². The number of hydrogen-bond donors (Lipinski definition) is 2. The van der Waals surface area contributed by atoms with Gasteiger partial charge in [-0.1, -0.05) is 0 Å². The first-order valence-electron chi connectivity index (χ1n) is 3.51. The standard InChI is InChI=1S/C6H11FN2O2/c7-3-5-4-9(6(10)11)2-1-8-5/h5,8H,1-4H2,(H,10,11)/t5-/m0/s1. The van der Waals surface area contributed by atoms with Crippen molar-refractivity contribution in [1.29, 1.82) is 0 Å². The molecule has 1 amide bonds. The van der Waals surface area contributed by atoms with Crippen LogP contribution in [0.1, 0.15) is 0 Å². The van der Waals surface area contributed by atoms with Gasteiger partial charge in [0.15, 0.2) is 0 Å². The Labute approximate surface area is 64.0 Å². The van der Waals surface area contributed by atoms with Crippen molar-refractivity contribution in [2.75, 3.05) is 26.3 Å².